The summed E-state index contributed by atoms with van der Waals surface area (Å²) in [5.41, 5.74) is 1.54. The molecule has 1 heterocycles. The van der Waals surface area contributed by atoms with Gasteiger partial charge in [0.15, 0.2) is 0 Å². The highest BCUT2D eigenvalue weighted by molar-refractivity contribution is 6.35. The number of halogens is 2. The van der Waals surface area contributed by atoms with E-state index < -0.39 is 0 Å². The fraction of sp³-hybridized carbons (Fsp3) is 0.385. The highest BCUT2D eigenvalue weighted by Gasteiger charge is 2.24. The van der Waals surface area contributed by atoms with E-state index in [1.807, 2.05) is 12.1 Å². The van der Waals surface area contributed by atoms with Gasteiger partial charge in [0.05, 0.1) is 21.9 Å². The van der Waals surface area contributed by atoms with Crippen molar-refractivity contribution >= 4 is 40.1 Å². The Bertz CT molecular complexity index is 634. The molecule has 1 fully saturated rings. The van der Waals surface area contributed by atoms with Crippen molar-refractivity contribution in [2.75, 3.05) is 0 Å². The molecule has 0 aliphatic heterocycles. The third kappa shape index (κ3) is 2.55. The number of alkyl halides is 1. The van der Waals surface area contributed by atoms with Gasteiger partial charge in [-0.2, -0.15) is 0 Å². The smallest absolute Gasteiger partial charge is 0.240 e. The van der Waals surface area contributed by atoms with E-state index in [9.17, 15) is 4.79 Å². The molecule has 3 rings (SSSR count). The second-order valence-electron chi connectivity index (χ2n) is 4.70. The zero-order chi connectivity index (χ0) is 13.4. The van der Waals surface area contributed by atoms with E-state index in [4.69, 9.17) is 23.2 Å². The maximum atomic E-state index is 11.9. The van der Waals surface area contributed by atoms with Crippen molar-refractivity contribution in [2.45, 2.75) is 31.3 Å². The van der Waals surface area contributed by atoms with E-state index >= 15 is 0 Å². The Labute approximate surface area is 120 Å². The number of carbonyl (C=O) groups excluding carboxylic acids is 1. The zero-order valence-electron chi connectivity index (χ0n) is 10.2. The normalized spacial score (nSPS) is 14.8. The summed E-state index contributed by atoms with van der Waals surface area (Å²) in [5.74, 6) is 0.894. The van der Waals surface area contributed by atoms with Gasteiger partial charge in [-0.15, -0.1) is 11.6 Å². The predicted molar refractivity (Wildman–Crippen MR) is 75.5 cm³/mol. The summed E-state index contributed by atoms with van der Waals surface area (Å²) in [6.45, 7) is 0.207. The molecule has 0 radical (unpaired) electrons. The molecule has 1 aromatic heterocycles. The van der Waals surface area contributed by atoms with Gasteiger partial charge in [-0.1, -0.05) is 17.7 Å². The van der Waals surface area contributed by atoms with Crippen LogP contribution in [0.3, 0.4) is 0 Å². The van der Waals surface area contributed by atoms with Gasteiger partial charge in [0, 0.05) is 6.04 Å². The van der Waals surface area contributed by atoms with Gasteiger partial charge in [0.2, 0.25) is 5.91 Å². The van der Waals surface area contributed by atoms with Crippen molar-refractivity contribution in [1.82, 2.24) is 14.9 Å². The summed E-state index contributed by atoms with van der Waals surface area (Å²) < 4.78 is 1.79. The number of benzene rings is 1. The fourth-order valence-electron chi connectivity index (χ4n) is 2.11. The molecule has 2 aromatic rings. The van der Waals surface area contributed by atoms with Crippen molar-refractivity contribution in [1.29, 1.82) is 0 Å². The van der Waals surface area contributed by atoms with Crippen molar-refractivity contribution in [2.24, 2.45) is 0 Å². The quantitative estimate of drug-likeness (QED) is 0.882. The van der Waals surface area contributed by atoms with Gasteiger partial charge in [0.25, 0.3) is 0 Å². The number of nitrogens with one attached hydrogen (secondary N) is 1. The average Bonchev–Trinajstić information content (AvgIpc) is 3.11. The summed E-state index contributed by atoms with van der Waals surface area (Å²) in [5, 5.41) is 3.54. The maximum Gasteiger partial charge on any atom is 0.240 e. The number of para-hydroxylation sites is 1. The van der Waals surface area contributed by atoms with Crippen LogP contribution in [0.4, 0.5) is 0 Å². The molecule has 0 bridgehead atoms. The molecule has 0 atom stereocenters. The molecular weight excluding hydrogens is 285 g/mol. The molecule has 1 N–H and O–H groups in total. The lowest BCUT2D eigenvalue weighted by atomic mass is 10.3. The summed E-state index contributed by atoms with van der Waals surface area (Å²) in [7, 11) is 0. The van der Waals surface area contributed by atoms with Crippen LogP contribution in [0.2, 0.25) is 5.02 Å². The molecule has 100 valence electrons. The van der Waals surface area contributed by atoms with E-state index in [0.717, 1.165) is 23.9 Å². The molecule has 19 heavy (non-hydrogen) atoms. The number of carbonyl (C=O) groups is 1. The number of amides is 1. The maximum absolute atomic E-state index is 11.9. The van der Waals surface area contributed by atoms with E-state index in [0.29, 0.717) is 16.9 Å². The van der Waals surface area contributed by atoms with Gasteiger partial charge in [-0.3, -0.25) is 4.79 Å². The van der Waals surface area contributed by atoms with E-state index in [-0.39, 0.29) is 18.3 Å². The van der Waals surface area contributed by atoms with Crippen molar-refractivity contribution in [3.8, 4) is 0 Å². The number of hydrogen-bond donors (Lipinski definition) is 1. The molecule has 1 aliphatic carbocycles. The SMILES string of the molecule is O=C(Cn1c(CCl)nc2cccc(Cl)c21)NC1CC1. The molecule has 6 heteroatoms. The molecule has 1 saturated carbocycles. The van der Waals surface area contributed by atoms with Gasteiger partial charge in [0.1, 0.15) is 12.4 Å². The van der Waals surface area contributed by atoms with Crippen molar-refractivity contribution < 1.29 is 4.79 Å². The number of imidazole rings is 1. The van der Waals surface area contributed by atoms with Gasteiger partial charge < -0.3 is 9.88 Å². The minimum absolute atomic E-state index is 0.0203. The first-order valence-corrected chi connectivity index (χ1v) is 7.09. The van der Waals surface area contributed by atoms with Crippen molar-refractivity contribution in [3.63, 3.8) is 0 Å². The first-order valence-electron chi connectivity index (χ1n) is 6.18. The second-order valence-corrected chi connectivity index (χ2v) is 5.37. The molecule has 1 amide bonds. The second kappa shape index (κ2) is 5.02. The molecule has 0 saturated heterocycles. The van der Waals surface area contributed by atoms with Crippen LogP contribution in [0.1, 0.15) is 18.7 Å². The number of fused-ring (bicyclic) bond motifs is 1. The van der Waals surface area contributed by atoms with Crippen LogP contribution in [0, 0.1) is 0 Å². The monoisotopic (exact) mass is 297 g/mol. The van der Waals surface area contributed by atoms with Crippen LogP contribution < -0.4 is 5.32 Å². The van der Waals surface area contributed by atoms with Gasteiger partial charge >= 0.3 is 0 Å². The fourth-order valence-corrected chi connectivity index (χ4v) is 2.58. The standard InChI is InChI=1S/C13H13Cl2N3O/c14-6-11-17-10-3-1-2-9(15)13(10)18(11)7-12(19)16-8-4-5-8/h1-3,8H,4-7H2,(H,16,19). The molecule has 0 unspecified atom stereocenters. The average molecular weight is 298 g/mol. The zero-order valence-corrected chi connectivity index (χ0v) is 11.7. The molecule has 1 aliphatic rings. The first-order chi connectivity index (χ1) is 9.19. The Morgan fingerprint density at radius 2 is 2.26 bits per heavy atom. The molecule has 0 spiro atoms. The third-order valence-corrected chi connectivity index (χ3v) is 3.70. The highest BCUT2D eigenvalue weighted by Crippen LogP contribution is 2.25. The molecule has 4 nitrogen and oxygen atoms in total. The number of nitrogens with zero attached hydrogens (tertiary/aromatic N) is 2. The summed E-state index contributed by atoms with van der Waals surface area (Å²) in [6.07, 6.45) is 2.14. The largest absolute Gasteiger partial charge is 0.352 e. The van der Waals surface area contributed by atoms with Crippen LogP contribution >= 0.6 is 23.2 Å². The predicted octanol–water partition coefficient (Wildman–Crippen LogP) is 2.71. The third-order valence-electron chi connectivity index (χ3n) is 3.16. The van der Waals surface area contributed by atoms with Crippen LogP contribution in [0.15, 0.2) is 18.2 Å². The molecular formula is C13H13Cl2N3O. The van der Waals surface area contributed by atoms with Gasteiger partial charge in [-0.05, 0) is 25.0 Å². The lowest BCUT2D eigenvalue weighted by molar-refractivity contribution is -0.121. The summed E-state index contributed by atoms with van der Waals surface area (Å²) in [4.78, 5) is 16.3. The van der Waals surface area contributed by atoms with Crippen molar-refractivity contribution in [3.05, 3.63) is 29.0 Å². The Balaban J connectivity index is 1.97. The lowest BCUT2D eigenvalue weighted by Gasteiger charge is -2.08. The number of aromatic nitrogens is 2. The van der Waals surface area contributed by atoms with Crippen LogP contribution in [0.5, 0.6) is 0 Å². The molecule has 1 aromatic carbocycles. The van der Waals surface area contributed by atoms with E-state index in [2.05, 4.69) is 10.3 Å². The Morgan fingerprint density at radius 1 is 1.47 bits per heavy atom. The first kappa shape index (κ1) is 12.8. The summed E-state index contributed by atoms with van der Waals surface area (Å²) >= 11 is 12.1. The Hall–Kier alpha value is -1.26. The number of hydrogen-bond acceptors (Lipinski definition) is 2. The highest BCUT2D eigenvalue weighted by atomic mass is 35.5. The lowest BCUT2D eigenvalue weighted by Crippen LogP contribution is -2.29. The number of rotatable bonds is 4. The summed E-state index contributed by atoms with van der Waals surface area (Å²) in [6, 6.07) is 5.84. The Kier molecular flexibility index (Phi) is 3.37. The van der Waals surface area contributed by atoms with Crippen LogP contribution in [-0.2, 0) is 17.2 Å². The minimum Gasteiger partial charge on any atom is -0.352 e. The Morgan fingerprint density at radius 3 is 2.95 bits per heavy atom. The van der Waals surface area contributed by atoms with E-state index in [1.165, 1.54) is 0 Å². The van der Waals surface area contributed by atoms with Crippen LogP contribution in [0.25, 0.3) is 11.0 Å². The topological polar surface area (TPSA) is 46.9 Å². The van der Waals surface area contributed by atoms with E-state index in [1.54, 1.807) is 10.6 Å². The minimum atomic E-state index is -0.0203. The van der Waals surface area contributed by atoms with Gasteiger partial charge in [-0.25, -0.2) is 4.98 Å². The van der Waals surface area contributed by atoms with Crippen LogP contribution in [-0.4, -0.2) is 21.5 Å².